The van der Waals surface area contributed by atoms with Crippen molar-refractivity contribution in [3.63, 3.8) is 0 Å². The van der Waals surface area contributed by atoms with Gasteiger partial charge in [0.25, 0.3) is 0 Å². The monoisotopic (exact) mass is 297 g/mol. The Morgan fingerprint density at radius 2 is 1.71 bits per heavy atom. The number of halogens is 2. The fourth-order valence-electron chi connectivity index (χ4n) is 2.96. The molecule has 0 saturated carbocycles. The van der Waals surface area contributed by atoms with Crippen molar-refractivity contribution in [3.8, 4) is 0 Å². The predicted molar refractivity (Wildman–Crippen MR) is 81.1 cm³/mol. The van der Waals surface area contributed by atoms with Crippen molar-refractivity contribution in [2.24, 2.45) is 5.73 Å². The first-order chi connectivity index (χ1) is 10.1. The van der Waals surface area contributed by atoms with Crippen molar-refractivity contribution in [2.75, 3.05) is 32.7 Å². The third-order valence-electron chi connectivity index (χ3n) is 4.56. The Bertz CT molecular complexity index is 459. The summed E-state index contributed by atoms with van der Waals surface area (Å²) >= 11 is 0. The highest BCUT2D eigenvalue weighted by Gasteiger charge is 2.26. The maximum atomic E-state index is 13.4. The molecule has 1 aromatic carbocycles. The molecule has 5 heteroatoms. The summed E-state index contributed by atoms with van der Waals surface area (Å²) in [6.07, 6.45) is 1.14. The molecule has 2 unspecified atom stereocenters. The van der Waals surface area contributed by atoms with Crippen LogP contribution in [0, 0.1) is 11.6 Å². The van der Waals surface area contributed by atoms with E-state index >= 15 is 0 Å². The minimum Gasteiger partial charge on any atom is -0.329 e. The summed E-state index contributed by atoms with van der Waals surface area (Å²) in [5, 5.41) is 0. The number of hydrogen-bond donors (Lipinski definition) is 1. The zero-order valence-electron chi connectivity index (χ0n) is 12.9. The van der Waals surface area contributed by atoms with Crippen LogP contribution < -0.4 is 5.73 Å². The maximum absolute atomic E-state index is 13.4. The first kappa shape index (κ1) is 16.3. The van der Waals surface area contributed by atoms with E-state index in [0.717, 1.165) is 38.2 Å². The molecule has 0 radical (unpaired) electrons. The van der Waals surface area contributed by atoms with Gasteiger partial charge in [0.1, 0.15) is 0 Å². The highest BCUT2D eigenvalue weighted by molar-refractivity contribution is 5.22. The Kier molecular flexibility index (Phi) is 5.67. The molecule has 2 rings (SSSR count). The molecule has 1 aliphatic rings. The summed E-state index contributed by atoms with van der Waals surface area (Å²) in [6, 6.07) is 4.64. The zero-order valence-corrected chi connectivity index (χ0v) is 12.9. The normalized spacial score (nSPS) is 20.4. The van der Waals surface area contributed by atoms with E-state index in [0.29, 0.717) is 12.6 Å². The van der Waals surface area contributed by atoms with Crippen LogP contribution in [0.25, 0.3) is 0 Å². The second-order valence-corrected chi connectivity index (χ2v) is 5.75. The molecular weight excluding hydrogens is 272 g/mol. The van der Waals surface area contributed by atoms with Gasteiger partial charge < -0.3 is 5.73 Å². The summed E-state index contributed by atoms with van der Waals surface area (Å²) in [4.78, 5) is 4.74. The Balaban J connectivity index is 2.04. The predicted octanol–water partition coefficient (Wildman–Crippen LogP) is 2.38. The van der Waals surface area contributed by atoms with E-state index in [2.05, 4.69) is 23.6 Å². The van der Waals surface area contributed by atoms with Gasteiger partial charge in [-0.25, -0.2) is 8.78 Å². The van der Waals surface area contributed by atoms with Gasteiger partial charge in [-0.15, -0.1) is 0 Å². The van der Waals surface area contributed by atoms with Crippen LogP contribution in [0.15, 0.2) is 18.2 Å². The van der Waals surface area contributed by atoms with Crippen molar-refractivity contribution < 1.29 is 8.78 Å². The van der Waals surface area contributed by atoms with Gasteiger partial charge in [-0.3, -0.25) is 9.80 Å². The fraction of sp³-hybridized carbons (Fsp3) is 0.625. The van der Waals surface area contributed by atoms with E-state index in [1.165, 1.54) is 12.1 Å². The van der Waals surface area contributed by atoms with E-state index < -0.39 is 11.6 Å². The van der Waals surface area contributed by atoms with E-state index in [1.54, 1.807) is 6.07 Å². The quantitative estimate of drug-likeness (QED) is 0.906. The molecule has 1 saturated heterocycles. The molecule has 0 bridgehead atoms. The van der Waals surface area contributed by atoms with Crippen LogP contribution in [0.2, 0.25) is 0 Å². The second-order valence-electron chi connectivity index (χ2n) is 5.75. The molecule has 1 aromatic rings. The highest BCUT2D eigenvalue weighted by atomic mass is 19.2. The van der Waals surface area contributed by atoms with E-state index in [1.807, 2.05) is 0 Å². The summed E-state index contributed by atoms with van der Waals surface area (Å²) < 4.78 is 26.5. The molecule has 0 amide bonds. The highest BCUT2D eigenvalue weighted by Crippen LogP contribution is 2.23. The minimum absolute atomic E-state index is 0.0424. The Hall–Kier alpha value is -1.04. The standard InChI is InChI=1S/C16H25F2N3/c1-3-12(2)20-6-8-21(9-7-20)16(11-19)13-4-5-14(17)15(18)10-13/h4-5,10,12,16H,3,6-9,11,19H2,1-2H3. The lowest BCUT2D eigenvalue weighted by Crippen LogP contribution is -2.51. The summed E-state index contributed by atoms with van der Waals surface area (Å²) in [5.41, 5.74) is 6.63. The van der Waals surface area contributed by atoms with Crippen molar-refractivity contribution in [1.82, 2.24) is 9.80 Å². The second kappa shape index (κ2) is 7.29. The Labute approximate surface area is 125 Å². The molecule has 21 heavy (non-hydrogen) atoms. The molecule has 3 nitrogen and oxygen atoms in total. The average molecular weight is 297 g/mol. The smallest absolute Gasteiger partial charge is 0.159 e. The van der Waals surface area contributed by atoms with Crippen LogP contribution in [0.3, 0.4) is 0 Å². The van der Waals surface area contributed by atoms with Crippen LogP contribution in [0.4, 0.5) is 8.78 Å². The first-order valence-corrected chi connectivity index (χ1v) is 7.70. The molecule has 1 aliphatic heterocycles. The maximum Gasteiger partial charge on any atom is 0.159 e. The van der Waals surface area contributed by atoms with Crippen LogP contribution in [0.1, 0.15) is 31.9 Å². The molecule has 1 heterocycles. The van der Waals surface area contributed by atoms with Crippen LogP contribution in [0.5, 0.6) is 0 Å². The van der Waals surface area contributed by atoms with Crippen molar-refractivity contribution >= 4 is 0 Å². The molecule has 1 fully saturated rings. The number of piperazine rings is 1. The number of rotatable bonds is 5. The Morgan fingerprint density at radius 1 is 1.10 bits per heavy atom. The fourth-order valence-corrected chi connectivity index (χ4v) is 2.96. The van der Waals surface area contributed by atoms with Gasteiger partial charge >= 0.3 is 0 Å². The van der Waals surface area contributed by atoms with Crippen LogP contribution >= 0.6 is 0 Å². The van der Waals surface area contributed by atoms with E-state index in [9.17, 15) is 8.78 Å². The number of hydrogen-bond acceptors (Lipinski definition) is 3. The molecular formula is C16H25F2N3. The van der Waals surface area contributed by atoms with E-state index in [4.69, 9.17) is 5.73 Å². The summed E-state index contributed by atoms with van der Waals surface area (Å²) in [6.45, 7) is 8.65. The molecule has 0 spiro atoms. The summed E-state index contributed by atoms with van der Waals surface area (Å²) in [7, 11) is 0. The molecule has 2 N–H and O–H groups in total. The molecule has 2 atom stereocenters. The van der Waals surface area contributed by atoms with Crippen molar-refractivity contribution in [1.29, 1.82) is 0 Å². The lowest BCUT2D eigenvalue weighted by Gasteiger charge is -2.41. The van der Waals surface area contributed by atoms with Gasteiger partial charge in [-0.05, 0) is 31.0 Å². The van der Waals surface area contributed by atoms with Crippen LogP contribution in [-0.4, -0.2) is 48.6 Å². The first-order valence-electron chi connectivity index (χ1n) is 7.70. The zero-order chi connectivity index (χ0) is 15.4. The average Bonchev–Trinajstić information content (AvgIpc) is 2.51. The molecule has 0 aromatic heterocycles. The third-order valence-corrected chi connectivity index (χ3v) is 4.56. The van der Waals surface area contributed by atoms with Crippen molar-refractivity contribution in [2.45, 2.75) is 32.4 Å². The van der Waals surface area contributed by atoms with Gasteiger partial charge in [-0.2, -0.15) is 0 Å². The van der Waals surface area contributed by atoms with Gasteiger partial charge in [0.15, 0.2) is 11.6 Å². The van der Waals surface area contributed by atoms with Gasteiger partial charge in [-0.1, -0.05) is 13.0 Å². The topological polar surface area (TPSA) is 32.5 Å². The molecule has 0 aliphatic carbocycles. The minimum atomic E-state index is -0.809. The number of nitrogens with two attached hydrogens (primary N) is 1. The van der Waals surface area contributed by atoms with E-state index in [-0.39, 0.29) is 6.04 Å². The lowest BCUT2D eigenvalue weighted by atomic mass is 10.0. The largest absolute Gasteiger partial charge is 0.329 e. The Morgan fingerprint density at radius 3 is 2.24 bits per heavy atom. The summed E-state index contributed by atoms with van der Waals surface area (Å²) in [5.74, 6) is -1.61. The SMILES string of the molecule is CCC(C)N1CCN(C(CN)c2ccc(F)c(F)c2)CC1. The van der Waals surface area contributed by atoms with Crippen LogP contribution in [-0.2, 0) is 0 Å². The van der Waals surface area contributed by atoms with Gasteiger partial charge in [0, 0.05) is 44.8 Å². The third kappa shape index (κ3) is 3.78. The number of benzene rings is 1. The van der Waals surface area contributed by atoms with Gasteiger partial charge in [0.05, 0.1) is 0 Å². The lowest BCUT2D eigenvalue weighted by molar-refractivity contribution is 0.0742. The van der Waals surface area contributed by atoms with Crippen molar-refractivity contribution in [3.05, 3.63) is 35.4 Å². The van der Waals surface area contributed by atoms with Gasteiger partial charge in [0.2, 0.25) is 0 Å². The molecule has 118 valence electrons. The number of nitrogens with zero attached hydrogens (tertiary/aromatic N) is 2.